The number of amides is 2. The first-order chi connectivity index (χ1) is 15.6. The molecule has 0 aromatic heterocycles. The van der Waals surface area contributed by atoms with Crippen LogP contribution in [0.3, 0.4) is 0 Å². The van der Waals surface area contributed by atoms with Crippen LogP contribution >= 0.6 is 0 Å². The van der Waals surface area contributed by atoms with E-state index in [1.807, 2.05) is 13.0 Å². The maximum absolute atomic E-state index is 12.9. The summed E-state index contributed by atoms with van der Waals surface area (Å²) in [6, 6.07) is 0. The highest BCUT2D eigenvalue weighted by Gasteiger charge is 2.31. The van der Waals surface area contributed by atoms with E-state index in [1.165, 1.54) is 7.11 Å². The second-order valence-electron chi connectivity index (χ2n) is 9.23. The van der Waals surface area contributed by atoms with Gasteiger partial charge in [-0.1, -0.05) is 32.1 Å². The van der Waals surface area contributed by atoms with Crippen molar-refractivity contribution in [2.24, 2.45) is 17.8 Å². The summed E-state index contributed by atoms with van der Waals surface area (Å²) >= 11 is 0. The minimum Gasteiger partial charge on any atom is -0.457 e. The van der Waals surface area contributed by atoms with Gasteiger partial charge < -0.3 is 14.6 Å². The van der Waals surface area contributed by atoms with E-state index in [4.69, 9.17) is 9.47 Å². The van der Waals surface area contributed by atoms with E-state index in [0.29, 0.717) is 37.7 Å². The molecule has 33 heavy (non-hydrogen) atoms. The number of Topliss-reactive ketones (excluding diaryl/α,β-unsaturated/α-hetero) is 1. The van der Waals surface area contributed by atoms with E-state index in [1.54, 1.807) is 26.0 Å². The number of imide groups is 1. The number of carbonyl (C=O) groups excluding carboxylic acids is 4. The van der Waals surface area contributed by atoms with Crippen molar-refractivity contribution in [1.29, 1.82) is 0 Å². The Morgan fingerprint density at radius 1 is 1.27 bits per heavy atom. The SMILES string of the molecule is CO[C@H]1C=CCCC(=O)OC([C@H](C)C(=O)CCCC2CC(=O)NC(=O)C2)C(C)=C[C@@H](C)[C@@H]1O. The highest BCUT2D eigenvalue weighted by molar-refractivity contribution is 5.97. The number of ether oxygens (including phenoxy) is 2. The fourth-order valence-corrected chi connectivity index (χ4v) is 4.48. The van der Waals surface area contributed by atoms with Crippen molar-refractivity contribution in [3.8, 4) is 0 Å². The van der Waals surface area contributed by atoms with E-state index < -0.39 is 24.2 Å². The van der Waals surface area contributed by atoms with E-state index in [-0.39, 0.29) is 48.2 Å². The molecule has 184 valence electrons. The van der Waals surface area contributed by atoms with E-state index in [2.05, 4.69) is 5.32 Å². The fourth-order valence-electron chi connectivity index (χ4n) is 4.48. The molecule has 5 atom stereocenters. The first kappa shape index (κ1) is 26.9. The Morgan fingerprint density at radius 2 is 1.94 bits per heavy atom. The predicted molar refractivity (Wildman–Crippen MR) is 122 cm³/mol. The van der Waals surface area contributed by atoms with Gasteiger partial charge >= 0.3 is 5.97 Å². The number of aliphatic hydroxyl groups is 1. The summed E-state index contributed by atoms with van der Waals surface area (Å²) < 4.78 is 11.1. The average Bonchev–Trinajstić information content (AvgIpc) is 2.75. The monoisotopic (exact) mass is 463 g/mol. The number of allylic oxidation sites excluding steroid dienone is 1. The zero-order chi connectivity index (χ0) is 24.5. The molecule has 0 aromatic carbocycles. The number of hydrogen-bond acceptors (Lipinski definition) is 7. The zero-order valence-electron chi connectivity index (χ0n) is 20.0. The molecule has 2 aliphatic heterocycles. The summed E-state index contributed by atoms with van der Waals surface area (Å²) in [6.45, 7) is 5.41. The summed E-state index contributed by atoms with van der Waals surface area (Å²) in [7, 11) is 1.53. The van der Waals surface area contributed by atoms with Gasteiger partial charge in [-0.2, -0.15) is 0 Å². The van der Waals surface area contributed by atoms with Gasteiger partial charge in [0.2, 0.25) is 11.8 Å². The van der Waals surface area contributed by atoms with Crippen LogP contribution < -0.4 is 5.32 Å². The molecule has 0 spiro atoms. The number of esters is 1. The van der Waals surface area contributed by atoms with Crippen molar-refractivity contribution in [2.75, 3.05) is 7.11 Å². The Hall–Kier alpha value is -2.32. The van der Waals surface area contributed by atoms with Crippen molar-refractivity contribution >= 4 is 23.6 Å². The molecule has 0 saturated carbocycles. The second kappa shape index (κ2) is 12.8. The molecule has 1 fully saturated rings. The summed E-state index contributed by atoms with van der Waals surface area (Å²) in [6.07, 6.45) is 6.07. The number of hydrogen-bond donors (Lipinski definition) is 2. The molecule has 2 N–H and O–H groups in total. The van der Waals surface area contributed by atoms with Crippen LogP contribution in [0.25, 0.3) is 0 Å². The number of piperidine rings is 1. The smallest absolute Gasteiger partial charge is 0.306 e. The van der Waals surface area contributed by atoms with Crippen LogP contribution in [-0.4, -0.2) is 54.1 Å². The van der Waals surface area contributed by atoms with Gasteiger partial charge in [-0.15, -0.1) is 0 Å². The molecule has 2 amide bonds. The van der Waals surface area contributed by atoms with E-state index >= 15 is 0 Å². The molecule has 0 aliphatic carbocycles. The first-order valence-electron chi connectivity index (χ1n) is 11.7. The summed E-state index contributed by atoms with van der Waals surface area (Å²) in [4.78, 5) is 48.4. The third kappa shape index (κ3) is 8.19. The minimum atomic E-state index is -0.779. The molecule has 2 aliphatic rings. The Morgan fingerprint density at radius 3 is 2.58 bits per heavy atom. The fraction of sp³-hybridized carbons (Fsp3) is 0.680. The highest BCUT2D eigenvalue weighted by Crippen LogP contribution is 2.26. The number of aliphatic hydroxyl groups excluding tert-OH is 1. The second-order valence-corrected chi connectivity index (χ2v) is 9.23. The lowest BCUT2D eigenvalue weighted by Gasteiger charge is -2.28. The number of nitrogens with one attached hydrogen (secondary N) is 1. The van der Waals surface area contributed by atoms with Crippen molar-refractivity contribution in [3.05, 3.63) is 23.8 Å². The van der Waals surface area contributed by atoms with Crippen LogP contribution in [-0.2, 0) is 28.7 Å². The molecule has 8 nitrogen and oxygen atoms in total. The lowest BCUT2D eigenvalue weighted by molar-refractivity contribution is -0.151. The molecule has 1 saturated heterocycles. The van der Waals surface area contributed by atoms with Crippen molar-refractivity contribution in [3.63, 3.8) is 0 Å². The van der Waals surface area contributed by atoms with Crippen LogP contribution in [0.4, 0.5) is 0 Å². The maximum Gasteiger partial charge on any atom is 0.306 e. The van der Waals surface area contributed by atoms with E-state index in [0.717, 1.165) is 0 Å². The number of cyclic esters (lactones) is 1. The quantitative estimate of drug-likeness (QED) is 0.338. The topological polar surface area (TPSA) is 119 Å². The Kier molecular flexibility index (Phi) is 10.4. The summed E-state index contributed by atoms with van der Waals surface area (Å²) in [5.41, 5.74) is 0.713. The van der Waals surface area contributed by atoms with Crippen LogP contribution in [0.5, 0.6) is 0 Å². The number of rotatable bonds is 7. The third-order valence-corrected chi connectivity index (χ3v) is 6.45. The molecule has 0 bridgehead atoms. The molecular weight excluding hydrogens is 426 g/mol. The van der Waals surface area contributed by atoms with Crippen LogP contribution in [0.2, 0.25) is 0 Å². The molecule has 1 unspecified atom stereocenters. The van der Waals surface area contributed by atoms with Crippen LogP contribution in [0.15, 0.2) is 23.8 Å². The standard InChI is InChI=1S/C25H37NO7/c1-15-12-16(2)25(33-23(30)11-6-5-10-20(32-4)24(15)31)17(3)19(27)9-7-8-18-13-21(28)26-22(29)14-18/h5,10,12,15,17-18,20,24-25,31H,6-9,11,13-14H2,1-4H3,(H,26,28,29)/t15-,17-,20+,24+,25?/m1/s1. The van der Waals surface area contributed by atoms with Gasteiger partial charge in [-0.3, -0.25) is 24.5 Å². The van der Waals surface area contributed by atoms with Gasteiger partial charge in [0, 0.05) is 38.7 Å². The number of carbonyl (C=O) groups is 4. The normalized spacial score (nSPS) is 28.8. The van der Waals surface area contributed by atoms with Crippen molar-refractivity contribution < 1.29 is 33.8 Å². The van der Waals surface area contributed by atoms with Crippen molar-refractivity contribution in [2.45, 2.75) is 84.0 Å². The van der Waals surface area contributed by atoms with E-state index in [9.17, 15) is 24.3 Å². The van der Waals surface area contributed by atoms with Gasteiger partial charge in [-0.25, -0.2) is 0 Å². The number of methoxy groups -OCH3 is 1. The largest absolute Gasteiger partial charge is 0.457 e. The number of ketones is 1. The minimum absolute atomic E-state index is 0.0397. The lowest BCUT2D eigenvalue weighted by Crippen LogP contribution is -2.38. The summed E-state index contributed by atoms with van der Waals surface area (Å²) in [5, 5.41) is 12.9. The van der Waals surface area contributed by atoms with Crippen LogP contribution in [0, 0.1) is 17.8 Å². The Labute approximate surface area is 195 Å². The molecule has 0 aromatic rings. The first-order valence-corrected chi connectivity index (χ1v) is 11.7. The molecule has 0 radical (unpaired) electrons. The highest BCUT2D eigenvalue weighted by atomic mass is 16.5. The van der Waals surface area contributed by atoms with Crippen molar-refractivity contribution in [1.82, 2.24) is 5.32 Å². The predicted octanol–water partition coefficient (Wildman–Crippen LogP) is 2.63. The van der Waals surface area contributed by atoms with Gasteiger partial charge in [0.1, 0.15) is 18.0 Å². The van der Waals surface area contributed by atoms with Gasteiger partial charge in [0.25, 0.3) is 0 Å². The molecular formula is C25H37NO7. The van der Waals surface area contributed by atoms with Crippen LogP contribution in [0.1, 0.15) is 65.7 Å². The van der Waals surface area contributed by atoms with Gasteiger partial charge in [0.15, 0.2) is 0 Å². The molecule has 2 rings (SSSR count). The zero-order valence-corrected chi connectivity index (χ0v) is 20.0. The van der Waals surface area contributed by atoms with Gasteiger partial charge in [0.05, 0.1) is 12.0 Å². The molecule has 8 heteroatoms. The lowest BCUT2D eigenvalue weighted by atomic mass is 9.86. The Bertz CT molecular complexity index is 772. The van der Waals surface area contributed by atoms with Gasteiger partial charge in [-0.05, 0) is 37.7 Å². The maximum atomic E-state index is 12.9. The molecule has 2 heterocycles. The average molecular weight is 464 g/mol. The third-order valence-electron chi connectivity index (χ3n) is 6.45. The summed E-state index contributed by atoms with van der Waals surface area (Å²) in [5.74, 6) is -1.83. The Balaban J connectivity index is 2.06.